The fourth-order valence-electron chi connectivity index (χ4n) is 1.70. The number of hydrogen-bond donors (Lipinski definition) is 1. The van der Waals surface area contributed by atoms with Gasteiger partial charge in [-0.25, -0.2) is 0 Å². The van der Waals surface area contributed by atoms with Crippen molar-refractivity contribution in [3.05, 3.63) is 0 Å². The number of ether oxygens (including phenoxy) is 1. The minimum atomic E-state index is -0.0923. The summed E-state index contributed by atoms with van der Waals surface area (Å²) in [5.74, 6) is -0.0923. The van der Waals surface area contributed by atoms with Crippen LogP contribution in [-0.2, 0) is 9.53 Å². The second kappa shape index (κ2) is 5.98. The summed E-state index contributed by atoms with van der Waals surface area (Å²) in [5.41, 5.74) is 0. The topological polar surface area (TPSA) is 41.6 Å². The number of esters is 1. The van der Waals surface area contributed by atoms with E-state index in [9.17, 15) is 4.79 Å². The van der Waals surface area contributed by atoms with Gasteiger partial charge in [0.05, 0.1) is 13.0 Å². The molecule has 82 valence electrons. The van der Waals surface area contributed by atoms with Gasteiger partial charge in [0.15, 0.2) is 0 Å². The highest BCUT2D eigenvalue weighted by molar-refractivity contribution is 5.69. The van der Waals surface area contributed by atoms with E-state index in [4.69, 9.17) is 4.74 Å². The van der Waals surface area contributed by atoms with E-state index in [0.717, 1.165) is 19.6 Å². The van der Waals surface area contributed by atoms with E-state index in [1.165, 1.54) is 6.42 Å². The van der Waals surface area contributed by atoms with Gasteiger partial charge in [-0.2, -0.15) is 0 Å². The molecular weight excluding hydrogens is 180 g/mol. The quantitative estimate of drug-likeness (QED) is 0.645. The van der Waals surface area contributed by atoms with Crippen molar-refractivity contribution in [1.29, 1.82) is 0 Å². The largest absolute Gasteiger partial charge is 0.466 e. The van der Waals surface area contributed by atoms with Crippen molar-refractivity contribution in [2.45, 2.75) is 25.8 Å². The Morgan fingerprint density at radius 1 is 1.64 bits per heavy atom. The van der Waals surface area contributed by atoms with Crippen molar-refractivity contribution in [3.63, 3.8) is 0 Å². The third kappa shape index (κ3) is 3.64. The molecule has 0 spiro atoms. The van der Waals surface area contributed by atoms with Crippen LogP contribution in [0.3, 0.4) is 0 Å². The van der Waals surface area contributed by atoms with Crippen LogP contribution in [-0.4, -0.2) is 50.2 Å². The molecule has 4 nitrogen and oxygen atoms in total. The summed E-state index contributed by atoms with van der Waals surface area (Å²) in [6.07, 6.45) is 1.68. The molecule has 0 aromatic heterocycles. The van der Waals surface area contributed by atoms with Crippen molar-refractivity contribution in [2.24, 2.45) is 0 Å². The Kier molecular flexibility index (Phi) is 4.90. The third-order valence-electron chi connectivity index (χ3n) is 2.63. The van der Waals surface area contributed by atoms with Crippen LogP contribution in [0.1, 0.15) is 19.8 Å². The van der Waals surface area contributed by atoms with Gasteiger partial charge in [-0.15, -0.1) is 0 Å². The lowest BCUT2D eigenvalue weighted by atomic mass is 10.2. The first-order chi connectivity index (χ1) is 6.74. The average molecular weight is 200 g/mol. The zero-order valence-corrected chi connectivity index (χ0v) is 9.08. The standard InChI is InChI=1S/C10H20N2O2/c1-3-14-10(13)5-7-12(2)9-4-6-11-8-9/h9,11H,3-8H2,1-2H3/t9-/m0/s1. The molecule has 0 unspecified atom stereocenters. The first-order valence-electron chi connectivity index (χ1n) is 5.30. The van der Waals surface area contributed by atoms with E-state index in [-0.39, 0.29) is 5.97 Å². The Morgan fingerprint density at radius 2 is 2.43 bits per heavy atom. The van der Waals surface area contributed by atoms with Gasteiger partial charge >= 0.3 is 5.97 Å². The molecule has 0 aromatic carbocycles. The van der Waals surface area contributed by atoms with Gasteiger partial charge in [-0.3, -0.25) is 4.79 Å². The molecule has 1 atom stereocenters. The molecule has 1 saturated heterocycles. The Balaban J connectivity index is 2.13. The second-order valence-corrected chi connectivity index (χ2v) is 3.68. The van der Waals surface area contributed by atoms with Crippen LogP contribution in [0.15, 0.2) is 0 Å². The van der Waals surface area contributed by atoms with E-state index in [2.05, 4.69) is 17.3 Å². The Morgan fingerprint density at radius 3 is 3.00 bits per heavy atom. The normalized spacial score (nSPS) is 21.5. The Labute approximate surface area is 85.6 Å². The van der Waals surface area contributed by atoms with Crippen LogP contribution in [0.25, 0.3) is 0 Å². The monoisotopic (exact) mass is 200 g/mol. The Bertz CT molecular complexity index is 179. The van der Waals surface area contributed by atoms with Crippen molar-refractivity contribution in [2.75, 3.05) is 33.3 Å². The maximum Gasteiger partial charge on any atom is 0.307 e. The number of carbonyl (C=O) groups excluding carboxylic acids is 1. The van der Waals surface area contributed by atoms with Crippen molar-refractivity contribution in [3.8, 4) is 0 Å². The van der Waals surface area contributed by atoms with Gasteiger partial charge in [-0.1, -0.05) is 0 Å². The highest BCUT2D eigenvalue weighted by atomic mass is 16.5. The number of hydrogen-bond acceptors (Lipinski definition) is 4. The maximum absolute atomic E-state index is 11.1. The minimum Gasteiger partial charge on any atom is -0.466 e. The minimum absolute atomic E-state index is 0.0923. The number of nitrogens with one attached hydrogen (secondary N) is 1. The van der Waals surface area contributed by atoms with Gasteiger partial charge in [0, 0.05) is 19.1 Å². The predicted octanol–water partition coefficient (Wildman–Crippen LogP) is 0.233. The third-order valence-corrected chi connectivity index (χ3v) is 2.63. The SMILES string of the molecule is CCOC(=O)CCN(C)[C@H]1CCNC1. The second-order valence-electron chi connectivity index (χ2n) is 3.68. The van der Waals surface area contributed by atoms with Crippen LogP contribution in [0.4, 0.5) is 0 Å². The molecule has 1 aliphatic heterocycles. The van der Waals surface area contributed by atoms with Crippen molar-refractivity contribution < 1.29 is 9.53 Å². The number of carbonyl (C=O) groups is 1. The van der Waals surface area contributed by atoms with Crippen LogP contribution >= 0.6 is 0 Å². The fourth-order valence-corrected chi connectivity index (χ4v) is 1.70. The first-order valence-corrected chi connectivity index (χ1v) is 5.30. The summed E-state index contributed by atoms with van der Waals surface area (Å²) in [4.78, 5) is 13.3. The molecule has 1 aliphatic rings. The molecule has 0 amide bonds. The maximum atomic E-state index is 11.1. The molecule has 0 saturated carbocycles. The highest BCUT2D eigenvalue weighted by Crippen LogP contribution is 2.06. The predicted molar refractivity (Wildman–Crippen MR) is 55.2 cm³/mol. The summed E-state index contributed by atoms with van der Waals surface area (Å²) in [5, 5.41) is 3.31. The molecular formula is C10H20N2O2. The molecule has 0 aliphatic carbocycles. The van der Waals surface area contributed by atoms with Crippen LogP contribution < -0.4 is 5.32 Å². The number of rotatable bonds is 5. The van der Waals surface area contributed by atoms with Crippen molar-refractivity contribution in [1.82, 2.24) is 10.2 Å². The molecule has 1 N–H and O–H groups in total. The summed E-state index contributed by atoms with van der Waals surface area (Å²) in [6, 6.07) is 0.587. The molecule has 1 heterocycles. The lowest BCUT2D eigenvalue weighted by Crippen LogP contribution is -2.35. The van der Waals surface area contributed by atoms with E-state index in [1.807, 2.05) is 6.92 Å². The Hall–Kier alpha value is -0.610. The summed E-state index contributed by atoms with van der Waals surface area (Å²) in [7, 11) is 2.07. The summed E-state index contributed by atoms with van der Waals surface area (Å²) < 4.78 is 4.87. The fraction of sp³-hybridized carbons (Fsp3) is 0.900. The van der Waals surface area contributed by atoms with Crippen LogP contribution in [0, 0.1) is 0 Å². The zero-order valence-electron chi connectivity index (χ0n) is 9.08. The van der Waals surface area contributed by atoms with Gasteiger partial charge in [-0.05, 0) is 26.9 Å². The van der Waals surface area contributed by atoms with E-state index >= 15 is 0 Å². The van der Waals surface area contributed by atoms with Crippen LogP contribution in [0.2, 0.25) is 0 Å². The van der Waals surface area contributed by atoms with E-state index in [0.29, 0.717) is 19.1 Å². The van der Waals surface area contributed by atoms with Gasteiger partial charge in [0.25, 0.3) is 0 Å². The lowest BCUT2D eigenvalue weighted by molar-refractivity contribution is -0.143. The molecule has 1 rings (SSSR count). The van der Waals surface area contributed by atoms with Crippen LogP contribution in [0.5, 0.6) is 0 Å². The van der Waals surface area contributed by atoms with E-state index in [1.54, 1.807) is 0 Å². The summed E-state index contributed by atoms with van der Waals surface area (Å²) >= 11 is 0. The smallest absolute Gasteiger partial charge is 0.307 e. The number of likely N-dealkylation sites (N-methyl/N-ethyl adjacent to an activating group) is 1. The van der Waals surface area contributed by atoms with E-state index < -0.39 is 0 Å². The van der Waals surface area contributed by atoms with Gasteiger partial charge in [0.1, 0.15) is 0 Å². The number of nitrogens with zero attached hydrogens (tertiary/aromatic N) is 1. The molecule has 0 radical (unpaired) electrons. The lowest BCUT2D eigenvalue weighted by Gasteiger charge is -2.22. The molecule has 14 heavy (non-hydrogen) atoms. The molecule has 4 heteroatoms. The molecule has 1 fully saturated rings. The van der Waals surface area contributed by atoms with Gasteiger partial charge < -0.3 is 15.0 Å². The summed E-state index contributed by atoms with van der Waals surface area (Å²) in [6.45, 7) is 5.24. The molecule has 0 bridgehead atoms. The molecule has 0 aromatic rings. The van der Waals surface area contributed by atoms with Gasteiger partial charge in [0.2, 0.25) is 0 Å². The average Bonchev–Trinajstić information content (AvgIpc) is 2.67. The first kappa shape index (κ1) is 11.5. The zero-order chi connectivity index (χ0) is 10.4. The highest BCUT2D eigenvalue weighted by Gasteiger charge is 2.19. The van der Waals surface area contributed by atoms with Crippen molar-refractivity contribution >= 4 is 5.97 Å².